The van der Waals surface area contributed by atoms with Gasteiger partial charge in [-0.1, -0.05) is 0 Å². The zero-order chi connectivity index (χ0) is 14.5. The second-order valence-electron chi connectivity index (χ2n) is 5.23. The Morgan fingerprint density at radius 1 is 1.35 bits per heavy atom. The van der Waals surface area contributed by atoms with E-state index in [1.807, 2.05) is 26.8 Å². The summed E-state index contributed by atoms with van der Waals surface area (Å²) >= 11 is 0. The van der Waals surface area contributed by atoms with Crippen LogP contribution in [0, 0.1) is 6.92 Å². The number of piperidine rings is 1. The number of hydrogen-bond acceptors (Lipinski definition) is 5. The Morgan fingerprint density at radius 3 is 2.65 bits per heavy atom. The molecule has 1 saturated heterocycles. The summed E-state index contributed by atoms with van der Waals surface area (Å²) < 4.78 is 11.0. The van der Waals surface area contributed by atoms with E-state index in [0.717, 1.165) is 18.5 Å². The molecule has 20 heavy (non-hydrogen) atoms. The Labute approximate surface area is 119 Å². The van der Waals surface area contributed by atoms with Crippen molar-refractivity contribution in [2.75, 3.05) is 13.1 Å². The molecule has 1 fully saturated rings. The Balaban J connectivity index is 1.81. The summed E-state index contributed by atoms with van der Waals surface area (Å²) in [5, 5.41) is 0. The predicted octanol–water partition coefficient (Wildman–Crippen LogP) is 2.17. The first-order valence-electron chi connectivity index (χ1n) is 6.95. The summed E-state index contributed by atoms with van der Waals surface area (Å²) in [4.78, 5) is 21.6. The second kappa shape index (κ2) is 6.54. The Bertz CT molecular complexity index is 457. The number of hydrogen-bond donors (Lipinski definition) is 0. The number of carbonyl (C=O) groups excluding carboxylic acids is 1. The summed E-state index contributed by atoms with van der Waals surface area (Å²) in [6.45, 7) is 6.91. The lowest BCUT2D eigenvalue weighted by Crippen LogP contribution is -2.42. The van der Waals surface area contributed by atoms with Gasteiger partial charge in [-0.2, -0.15) is 0 Å². The number of ether oxygens (including phenoxy) is 2. The molecule has 110 valence electrons. The van der Waals surface area contributed by atoms with Gasteiger partial charge in [0.25, 0.3) is 0 Å². The van der Waals surface area contributed by atoms with Gasteiger partial charge in [0.05, 0.1) is 6.10 Å². The summed E-state index contributed by atoms with van der Waals surface area (Å²) in [5.74, 6) is 0.598. The van der Waals surface area contributed by atoms with Crippen LogP contribution in [-0.4, -0.2) is 46.3 Å². The van der Waals surface area contributed by atoms with Crippen LogP contribution in [0.25, 0.3) is 0 Å². The van der Waals surface area contributed by atoms with Gasteiger partial charge in [0, 0.05) is 37.7 Å². The summed E-state index contributed by atoms with van der Waals surface area (Å²) in [6, 6.07) is 1.82. The van der Waals surface area contributed by atoms with Gasteiger partial charge in [0.15, 0.2) is 0 Å². The van der Waals surface area contributed by atoms with Gasteiger partial charge in [-0.25, -0.2) is 14.8 Å². The number of carbonyl (C=O) groups is 1. The van der Waals surface area contributed by atoms with Gasteiger partial charge < -0.3 is 14.4 Å². The van der Waals surface area contributed by atoms with E-state index >= 15 is 0 Å². The number of aromatic nitrogens is 2. The standard InChI is InChI=1S/C14H21N3O3/c1-10(2)19-14(18)17-6-4-12(5-7-17)20-13-8-11(3)15-9-16-13/h8-10,12H,4-7H2,1-3H3. The monoisotopic (exact) mass is 279 g/mol. The molecule has 1 aromatic rings. The number of amides is 1. The summed E-state index contributed by atoms with van der Waals surface area (Å²) in [6.07, 6.45) is 2.84. The van der Waals surface area contributed by atoms with Crippen molar-refractivity contribution in [3.8, 4) is 5.88 Å². The quantitative estimate of drug-likeness (QED) is 0.848. The van der Waals surface area contributed by atoms with E-state index in [-0.39, 0.29) is 18.3 Å². The number of likely N-dealkylation sites (tertiary alicyclic amines) is 1. The van der Waals surface area contributed by atoms with Gasteiger partial charge >= 0.3 is 6.09 Å². The molecule has 0 N–H and O–H groups in total. The molecule has 1 aromatic heterocycles. The van der Waals surface area contributed by atoms with Crippen LogP contribution in [0.3, 0.4) is 0 Å². The molecule has 0 aliphatic carbocycles. The van der Waals surface area contributed by atoms with E-state index in [1.54, 1.807) is 4.90 Å². The molecule has 0 spiro atoms. The summed E-state index contributed by atoms with van der Waals surface area (Å²) in [7, 11) is 0. The molecule has 1 aliphatic rings. The molecular formula is C14H21N3O3. The second-order valence-corrected chi connectivity index (χ2v) is 5.23. The molecule has 0 bridgehead atoms. The fourth-order valence-corrected chi connectivity index (χ4v) is 2.10. The lowest BCUT2D eigenvalue weighted by molar-refractivity contribution is 0.0507. The molecule has 6 heteroatoms. The molecule has 0 unspecified atom stereocenters. The molecule has 2 heterocycles. The number of rotatable bonds is 3. The highest BCUT2D eigenvalue weighted by molar-refractivity contribution is 5.67. The van der Waals surface area contributed by atoms with E-state index in [1.165, 1.54) is 6.33 Å². The molecular weight excluding hydrogens is 258 g/mol. The first-order chi connectivity index (χ1) is 9.54. The van der Waals surface area contributed by atoms with Crippen molar-refractivity contribution in [2.24, 2.45) is 0 Å². The fourth-order valence-electron chi connectivity index (χ4n) is 2.10. The molecule has 0 radical (unpaired) electrons. The maximum Gasteiger partial charge on any atom is 0.410 e. The zero-order valence-electron chi connectivity index (χ0n) is 12.2. The predicted molar refractivity (Wildman–Crippen MR) is 73.6 cm³/mol. The molecule has 0 aromatic carbocycles. The maximum atomic E-state index is 11.8. The fraction of sp³-hybridized carbons (Fsp3) is 0.643. The molecule has 0 saturated carbocycles. The van der Waals surface area contributed by atoms with Crippen LogP contribution in [0.15, 0.2) is 12.4 Å². The lowest BCUT2D eigenvalue weighted by Gasteiger charge is -2.31. The number of aryl methyl sites for hydroxylation is 1. The first kappa shape index (κ1) is 14.6. The highest BCUT2D eigenvalue weighted by atomic mass is 16.6. The third kappa shape index (κ3) is 4.08. The van der Waals surface area contributed by atoms with Crippen molar-refractivity contribution in [3.05, 3.63) is 18.1 Å². The van der Waals surface area contributed by atoms with E-state index < -0.39 is 0 Å². The smallest absolute Gasteiger partial charge is 0.410 e. The van der Waals surface area contributed by atoms with E-state index in [4.69, 9.17) is 9.47 Å². The molecule has 1 aliphatic heterocycles. The van der Waals surface area contributed by atoms with Crippen molar-refractivity contribution < 1.29 is 14.3 Å². The van der Waals surface area contributed by atoms with Crippen molar-refractivity contribution in [1.29, 1.82) is 0 Å². The van der Waals surface area contributed by atoms with Gasteiger partial charge in [-0.15, -0.1) is 0 Å². The summed E-state index contributed by atoms with van der Waals surface area (Å²) in [5.41, 5.74) is 0.882. The van der Waals surface area contributed by atoms with Crippen molar-refractivity contribution in [1.82, 2.24) is 14.9 Å². The normalized spacial score (nSPS) is 16.3. The van der Waals surface area contributed by atoms with Crippen LogP contribution in [0.5, 0.6) is 5.88 Å². The minimum absolute atomic E-state index is 0.0829. The van der Waals surface area contributed by atoms with Crippen LogP contribution in [0.4, 0.5) is 4.79 Å². The van der Waals surface area contributed by atoms with Crippen LogP contribution in [0.1, 0.15) is 32.4 Å². The Morgan fingerprint density at radius 2 is 2.05 bits per heavy atom. The Hall–Kier alpha value is -1.85. The van der Waals surface area contributed by atoms with Gasteiger partial charge in [0.2, 0.25) is 5.88 Å². The molecule has 0 atom stereocenters. The van der Waals surface area contributed by atoms with Gasteiger partial charge in [0.1, 0.15) is 12.4 Å². The third-order valence-corrected chi connectivity index (χ3v) is 3.10. The van der Waals surface area contributed by atoms with Crippen LogP contribution in [0.2, 0.25) is 0 Å². The van der Waals surface area contributed by atoms with Crippen molar-refractivity contribution in [2.45, 2.75) is 45.8 Å². The maximum absolute atomic E-state index is 11.8. The minimum atomic E-state index is -0.240. The molecule has 6 nitrogen and oxygen atoms in total. The average molecular weight is 279 g/mol. The van der Waals surface area contributed by atoms with Crippen LogP contribution < -0.4 is 4.74 Å². The van der Waals surface area contributed by atoms with E-state index in [0.29, 0.717) is 19.0 Å². The van der Waals surface area contributed by atoms with Crippen LogP contribution >= 0.6 is 0 Å². The topological polar surface area (TPSA) is 64.5 Å². The van der Waals surface area contributed by atoms with Gasteiger partial charge in [-0.05, 0) is 20.8 Å². The SMILES string of the molecule is Cc1cc(OC2CCN(C(=O)OC(C)C)CC2)ncn1. The highest BCUT2D eigenvalue weighted by Gasteiger charge is 2.25. The zero-order valence-corrected chi connectivity index (χ0v) is 12.2. The van der Waals surface area contributed by atoms with Crippen molar-refractivity contribution >= 4 is 6.09 Å². The van der Waals surface area contributed by atoms with Crippen LogP contribution in [-0.2, 0) is 4.74 Å². The molecule has 1 amide bonds. The van der Waals surface area contributed by atoms with Crippen molar-refractivity contribution in [3.63, 3.8) is 0 Å². The lowest BCUT2D eigenvalue weighted by atomic mass is 10.1. The first-order valence-corrected chi connectivity index (χ1v) is 6.95. The average Bonchev–Trinajstić information content (AvgIpc) is 2.38. The number of nitrogens with zero attached hydrogens (tertiary/aromatic N) is 3. The van der Waals surface area contributed by atoms with Gasteiger partial charge in [-0.3, -0.25) is 0 Å². The largest absolute Gasteiger partial charge is 0.474 e. The van der Waals surface area contributed by atoms with E-state index in [9.17, 15) is 4.79 Å². The Kier molecular flexibility index (Phi) is 4.76. The molecule has 2 rings (SSSR count). The minimum Gasteiger partial charge on any atom is -0.474 e. The highest BCUT2D eigenvalue weighted by Crippen LogP contribution is 2.18. The third-order valence-electron chi connectivity index (χ3n) is 3.10. The van der Waals surface area contributed by atoms with E-state index in [2.05, 4.69) is 9.97 Å².